The van der Waals surface area contributed by atoms with Crippen molar-refractivity contribution in [3.8, 4) is 0 Å². The third-order valence-electron chi connectivity index (χ3n) is 6.88. The van der Waals surface area contributed by atoms with Gasteiger partial charge in [-0.15, -0.1) is 0 Å². The molecule has 228 valence electrons. The van der Waals surface area contributed by atoms with E-state index in [2.05, 4.69) is 30.9 Å². The van der Waals surface area contributed by atoms with Gasteiger partial charge in [0.05, 0.1) is 0 Å². The van der Waals surface area contributed by atoms with Crippen LogP contribution in [0.4, 0.5) is 0 Å². The fourth-order valence-corrected chi connectivity index (χ4v) is 4.53. The maximum atomic E-state index is 13.4. The zero-order valence-electron chi connectivity index (χ0n) is 24.2. The first-order valence-corrected chi connectivity index (χ1v) is 13.6. The second-order valence-electron chi connectivity index (χ2n) is 11.0. The average Bonchev–Trinajstić information content (AvgIpc) is 3.68. The molecule has 6 bridgehead atoms. The number of oxazole rings is 3. The molecule has 0 fully saturated rings. The lowest BCUT2D eigenvalue weighted by molar-refractivity contribution is 0.0898. The number of rotatable bonds is 6. The van der Waals surface area contributed by atoms with Crippen molar-refractivity contribution in [2.45, 2.75) is 79.5 Å². The Hall–Kier alpha value is -4.08. The van der Waals surface area contributed by atoms with E-state index in [1.165, 1.54) is 0 Å². The fraction of sp³-hybridized carbons (Fsp3) is 0.556. The number of carbonyl (C=O) groups excluding carboxylic acids is 3. The molecule has 0 radical (unpaired) electrons. The topological polar surface area (TPSA) is 226 Å². The van der Waals surface area contributed by atoms with Gasteiger partial charge in [-0.3, -0.25) is 14.4 Å². The Labute approximate surface area is 241 Å². The van der Waals surface area contributed by atoms with Gasteiger partial charge in [-0.05, 0) is 17.8 Å². The number of nitrogens with one attached hydrogen (secondary N) is 3. The number of aliphatic hydroxyl groups is 3. The van der Waals surface area contributed by atoms with Crippen LogP contribution in [-0.2, 0) is 19.8 Å². The number of aromatic nitrogens is 3. The van der Waals surface area contributed by atoms with Crippen LogP contribution in [0.5, 0.6) is 0 Å². The van der Waals surface area contributed by atoms with Crippen LogP contribution >= 0.6 is 0 Å². The van der Waals surface area contributed by atoms with Gasteiger partial charge in [0, 0.05) is 0 Å². The third kappa shape index (κ3) is 5.93. The summed E-state index contributed by atoms with van der Waals surface area (Å²) in [6.45, 7) is 8.77. The van der Waals surface area contributed by atoms with Crippen molar-refractivity contribution in [2.24, 2.45) is 17.8 Å². The molecule has 0 saturated carbocycles. The van der Waals surface area contributed by atoms with Crippen molar-refractivity contribution in [1.82, 2.24) is 30.9 Å². The van der Waals surface area contributed by atoms with Gasteiger partial charge in [-0.25, -0.2) is 15.0 Å². The Bertz CT molecular complexity index is 1280. The van der Waals surface area contributed by atoms with Crippen LogP contribution in [0.15, 0.2) is 13.3 Å². The summed E-state index contributed by atoms with van der Waals surface area (Å²) in [6.07, 6.45) is 0. The van der Waals surface area contributed by atoms with Crippen molar-refractivity contribution in [3.05, 3.63) is 52.0 Å². The van der Waals surface area contributed by atoms with E-state index in [0.29, 0.717) is 0 Å². The van der Waals surface area contributed by atoms with Gasteiger partial charge in [-0.1, -0.05) is 41.5 Å². The summed E-state index contributed by atoms with van der Waals surface area (Å²) in [5.74, 6) is -3.53. The minimum absolute atomic E-state index is 0.0303. The second kappa shape index (κ2) is 12.4. The van der Waals surface area contributed by atoms with E-state index in [1.807, 2.05) is 0 Å². The number of fused-ring (bicyclic) bond motifs is 6. The van der Waals surface area contributed by atoms with Crippen LogP contribution in [0, 0.1) is 17.8 Å². The summed E-state index contributed by atoms with van der Waals surface area (Å²) in [5.41, 5.74) is -0.651. The Morgan fingerprint density at radius 1 is 0.548 bits per heavy atom. The summed E-state index contributed by atoms with van der Waals surface area (Å²) >= 11 is 0. The number of aliphatic hydroxyl groups excluding tert-OH is 3. The molecule has 4 heterocycles. The lowest BCUT2D eigenvalue weighted by atomic mass is 10.0. The number of nitrogens with zero attached hydrogens (tertiary/aromatic N) is 3. The summed E-state index contributed by atoms with van der Waals surface area (Å²) in [6, 6.07) is -2.59. The van der Waals surface area contributed by atoms with Crippen LogP contribution in [-0.4, -0.2) is 48.0 Å². The molecule has 0 saturated heterocycles. The number of carbonyl (C=O) groups is 3. The molecule has 0 aromatic carbocycles. The zero-order valence-corrected chi connectivity index (χ0v) is 24.2. The highest BCUT2D eigenvalue weighted by Crippen LogP contribution is 2.30. The third-order valence-corrected chi connectivity index (χ3v) is 6.88. The molecule has 6 N–H and O–H groups in total. The largest absolute Gasteiger partial charge is 0.440 e. The van der Waals surface area contributed by atoms with Gasteiger partial charge in [0.25, 0.3) is 17.7 Å². The smallest absolute Gasteiger partial charge is 0.274 e. The van der Waals surface area contributed by atoms with Gasteiger partial charge < -0.3 is 44.5 Å². The SMILES string of the molecule is CC(C)[C@@H]1NC(=O)c2nc(oc2CO)[C@H](C(C)C)NC(=O)c2nc(oc2CO)[C@H](C(C)C)NC(=O)c2nc1oc2CO. The van der Waals surface area contributed by atoms with E-state index in [1.54, 1.807) is 41.5 Å². The van der Waals surface area contributed by atoms with E-state index in [0.717, 1.165) is 0 Å². The standard InChI is InChI=1S/C27H36N6O9/c1-10(2)16-25-31-20(13(7-34)40-25)23(38)29-18(12(5)6)27-33-21(15(9-36)42-27)24(39)30-17(11(3)4)26-32-19(22(37)28-16)14(8-35)41-26/h10-12,16-18,34-36H,7-9H2,1-6H3,(H,28,37)(H,29,38)(H,30,39)/t16-,17-,18-/m0/s1. The van der Waals surface area contributed by atoms with Crippen LogP contribution in [0.25, 0.3) is 0 Å². The molecule has 42 heavy (non-hydrogen) atoms. The monoisotopic (exact) mass is 588 g/mol. The number of amides is 3. The molecule has 3 amide bonds. The Morgan fingerprint density at radius 3 is 0.976 bits per heavy atom. The molecule has 4 rings (SSSR count). The molecule has 0 aliphatic carbocycles. The first-order valence-electron chi connectivity index (χ1n) is 13.6. The van der Waals surface area contributed by atoms with E-state index in [-0.39, 0.29) is 69.8 Å². The normalized spacial score (nSPS) is 20.0. The van der Waals surface area contributed by atoms with Crippen LogP contribution in [0.1, 0.15) is 126 Å². The van der Waals surface area contributed by atoms with Gasteiger partial charge in [0.15, 0.2) is 34.4 Å². The molecule has 3 aromatic heterocycles. The summed E-state index contributed by atoms with van der Waals surface area (Å²) < 4.78 is 17.2. The van der Waals surface area contributed by atoms with Crippen molar-refractivity contribution in [2.75, 3.05) is 0 Å². The Kier molecular flexibility index (Phi) is 9.13. The minimum Gasteiger partial charge on any atom is -0.440 e. The highest BCUT2D eigenvalue weighted by molar-refractivity contribution is 5.95. The first kappa shape index (κ1) is 30.9. The van der Waals surface area contributed by atoms with Gasteiger partial charge >= 0.3 is 0 Å². The van der Waals surface area contributed by atoms with E-state index < -0.39 is 55.7 Å². The second-order valence-corrected chi connectivity index (χ2v) is 11.0. The van der Waals surface area contributed by atoms with Gasteiger partial charge in [0.1, 0.15) is 37.9 Å². The molecule has 3 atom stereocenters. The summed E-state index contributed by atoms with van der Waals surface area (Å²) in [5, 5.41) is 38.1. The molecule has 15 nitrogen and oxygen atoms in total. The highest BCUT2D eigenvalue weighted by Gasteiger charge is 2.35. The number of hydrogen-bond donors (Lipinski definition) is 6. The van der Waals surface area contributed by atoms with Crippen LogP contribution < -0.4 is 16.0 Å². The maximum absolute atomic E-state index is 13.4. The molecular formula is C27H36N6O9. The lowest BCUT2D eigenvalue weighted by Crippen LogP contribution is -2.35. The van der Waals surface area contributed by atoms with E-state index in [9.17, 15) is 29.7 Å². The van der Waals surface area contributed by atoms with Crippen molar-refractivity contribution >= 4 is 17.7 Å². The Balaban J connectivity index is 1.91. The van der Waals surface area contributed by atoms with Crippen molar-refractivity contribution in [3.63, 3.8) is 0 Å². The summed E-state index contributed by atoms with van der Waals surface area (Å²) in [7, 11) is 0. The molecule has 0 unspecified atom stereocenters. The maximum Gasteiger partial charge on any atom is 0.274 e. The van der Waals surface area contributed by atoms with Gasteiger partial charge in [-0.2, -0.15) is 0 Å². The molecule has 15 heteroatoms. The van der Waals surface area contributed by atoms with Gasteiger partial charge in [0.2, 0.25) is 17.7 Å². The molecule has 3 aromatic rings. The predicted molar refractivity (Wildman–Crippen MR) is 142 cm³/mol. The number of hydrogen-bond acceptors (Lipinski definition) is 12. The predicted octanol–water partition coefficient (Wildman–Crippen LogP) is 1.82. The lowest BCUT2D eigenvalue weighted by Gasteiger charge is -2.20. The first-order chi connectivity index (χ1) is 19.9. The van der Waals surface area contributed by atoms with Crippen molar-refractivity contribution in [1.29, 1.82) is 0 Å². The van der Waals surface area contributed by atoms with Crippen LogP contribution in [0.2, 0.25) is 0 Å². The average molecular weight is 589 g/mol. The van der Waals surface area contributed by atoms with Crippen molar-refractivity contribution < 1.29 is 43.0 Å². The quantitative estimate of drug-likeness (QED) is 0.242. The molecule has 0 spiro atoms. The zero-order chi connectivity index (χ0) is 30.9. The summed E-state index contributed by atoms with van der Waals surface area (Å²) in [4.78, 5) is 53.2. The minimum atomic E-state index is -0.863. The fourth-order valence-electron chi connectivity index (χ4n) is 4.53. The highest BCUT2D eigenvalue weighted by atomic mass is 16.4. The van der Waals surface area contributed by atoms with E-state index >= 15 is 0 Å². The molecule has 1 aliphatic heterocycles. The Morgan fingerprint density at radius 2 is 0.786 bits per heavy atom. The molecule has 1 aliphatic rings. The molecular weight excluding hydrogens is 552 g/mol. The van der Waals surface area contributed by atoms with E-state index in [4.69, 9.17) is 13.3 Å². The van der Waals surface area contributed by atoms with Crippen LogP contribution in [0.3, 0.4) is 0 Å².